The molecule has 29 heavy (non-hydrogen) atoms. The van der Waals surface area contributed by atoms with Crippen molar-refractivity contribution in [3.8, 4) is 11.5 Å². The van der Waals surface area contributed by atoms with E-state index in [0.717, 1.165) is 49.5 Å². The van der Waals surface area contributed by atoms with E-state index in [1.165, 1.54) is 18.4 Å². The Hall–Kier alpha value is -2.92. The minimum atomic E-state index is 0.0282. The molecule has 0 amide bonds. The van der Waals surface area contributed by atoms with Gasteiger partial charge in [-0.15, -0.1) is 0 Å². The zero-order chi connectivity index (χ0) is 19.9. The molecule has 1 aliphatic heterocycles. The summed E-state index contributed by atoms with van der Waals surface area (Å²) in [5.74, 6) is 2.46. The van der Waals surface area contributed by atoms with Gasteiger partial charge in [-0.05, 0) is 74.5 Å². The van der Waals surface area contributed by atoms with Gasteiger partial charge in [-0.25, -0.2) is 0 Å². The summed E-state index contributed by atoms with van der Waals surface area (Å²) >= 11 is 0. The Morgan fingerprint density at radius 2 is 1.76 bits per heavy atom. The average molecular weight is 389 g/mol. The molecule has 0 bridgehead atoms. The SMILES string of the molecule is O=c1[nH]cccc1CN1CCC(CCc2ccccc2Oc2ccncc2)CC1. The van der Waals surface area contributed by atoms with E-state index >= 15 is 0 Å². The number of H-pyrrole nitrogens is 1. The number of hydrogen-bond donors (Lipinski definition) is 1. The number of para-hydroxylation sites is 1. The lowest BCUT2D eigenvalue weighted by atomic mass is 9.90. The van der Waals surface area contributed by atoms with Crippen molar-refractivity contribution in [1.82, 2.24) is 14.9 Å². The highest BCUT2D eigenvalue weighted by Gasteiger charge is 2.20. The van der Waals surface area contributed by atoms with Crippen LogP contribution >= 0.6 is 0 Å². The first-order chi connectivity index (χ1) is 14.3. The number of aromatic nitrogens is 2. The molecule has 4 rings (SSSR count). The van der Waals surface area contributed by atoms with Crippen LogP contribution in [0.3, 0.4) is 0 Å². The summed E-state index contributed by atoms with van der Waals surface area (Å²) in [5.41, 5.74) is 2.14. The Labute approximate surface area is 171 Å². The monoisotopic (exact) mass is 389 g/mol. The molecule has 2 aromatic heterocycles. The number of aromatic amines is 1. The fourth-order valence-electron chi connectivity index (χ4n) is 3.96. The van der Waals surface area contributed by atoms with Crippen LogP contribution in [0.25, 0.3) is 0 Å². The second kappa shape index (κ2) is 9.52. The van der Waals surface area contributed by atoms with Gasteiger partial charge in [0.05, 0.1) is 0 Å². The van der Waals surface area contributed by atoms with Gasteiger partial charge in [0.2, 0.25) is 0 Å². The van der Waals surface area contributed by atoms with Crippen molar-refractivity contribution in [3.05, 3.63) is 88.6 Å². The molecule has 1 saturated heterocycles. The maximum Gasteiger partial charge on any atom is 0.252 e. The summed E-state index contributed by atoms with van der Waals surface area (Å²) in [7, 11) is 0. The van der Waals surface area contributed by atoms with Gasteiger partial charge in [-0.2, -0.15) is 0 Å². The third kappa shape index (κ3) is 5.33. The van der Waals surface area contributed by atoms with E-state index in [-0.39, 0.29) is 5.56 Å². The molecule has 0 unspecified atom stereocenters. The van der Waals surface area contributed by atoms with Crippen molar-refractivity contribution >= 4 is 0 Å². The molecule has 150 valence electrons. The lowest BCUT2D eigenvalue weighted by molar-refractivity contribution is 0.172. The predicted molar refractivity (Wildman–Crippen MR) is 114 cm³/mol. The van der Waals surface area contributed by atoms with Crippen molar-refractivity contribution in [1.29, 1.82) is 0 Å². The number of aryl methyl sites for hydroxylation is 1. The van der Waals surface area contributed by atoms with Crippen molar-refractivity contribution in [2.24, 2.45) is 5.92 Å². The normalized spacial score (nSPS) is 15.3. The number of hydrogen-bond acceptors (Lipinski definition) is 4. The van der Waals surface area contributed by atoms with Gasteiger partial charge in [0.25, 0.3) is 5.56 Å². The smallest absolute Gasteiger partial charge is 0.252 e. The number of piperidine rings is 1. The number of nitrogens with one attached hydrogen (secondary N) is 1. The number of nitrogens with zero attached hydrogens (tertiary/aromatic N) is 2. The zero-order valence-corrected chi connectivity index (χ0v) is 16.6. The Balaban J connectivity index is 1.29. The van der Waals surface area contributed by atoms with Crippen molar-refractivity contribution < 1.29 is 4.74 Å². The number of ether oxygens (including phenoxy) is 1. The maximum atomic E-state index is 11.9. The lowest BCUT2D eigenvalue weighted by Crippen LogP contribution is -2.35. The molecule has 3 aromatic rings. The summed E-state index contributed by atoms with van der Waals surface area (Å²) in [5, 5.41) is 0. The first kappa shape index (κ1) is 19.4. The molecule has 0 aliphatic carbocycles. The summed E-state index contributed by atoms with van der Waals surface area (Å²) < 4.78 is 6.06. The Kier molecular flexibility index (Phi) is 6.37. The topological polar surface area (TPSA) is 58.2 Å². The van der Waals surface area contributed by atoms with E-state index in [9.17, 15) is 4.79 Å². The zero-order valence-electron chi connectivity index (χ0n) is 16.6. The molecule has 3 heterocycles. The predicted octanol–water partition coefficient (Wildman–Crippen LogP) is 4.41. The van der Waals surface area contributed by atoms with Gasteiger partial charge >= 0.3 is 0 Å². The molecule has 5 nitrogen and oxygen atoms in total. The van der Waals surface area contributed by atoms with Crippen LogP contribution in [0.15, 0.2) is 71.9 Å². The summed E-state index contributed by atoms with van der Waals surface area (Å²) in [6, 6.07) is 15.9. The van der Waals surface area contributed by atoms with E-state index in [1.54, 1.807) is 18.6 Å². The van der Waals surface area contributed by atoms with Crippen molar-refractivity contribution in [2.75, 3.05) is 13.1 Å². The number of benzene rings is 1. The molecule has 1 aromatic carbocycles. The van der Waals surface area contributed by atoms with Crippen molar-refractivity contribution in [2.45, 2.75) is 32.2 Å². The highest BCUT2D eigenvalue weighted by Crippen LogP contribution is 2.29. The van der Waals surface area contributed by atoms with E-state index in [2.05, 4.69) is 27.0 Å². The molecule has 5 heteroatoms. The van der Waals surface area contributed by atoms with Gasteiger partial charge in [0.1, 0.15) is 11.5 Å². The highest BCUT2D eigenvalue weighted by atomic mass is 16.5. The summed E-state index contributed by atoms with van der Waals surface area (Å²) in [4.78, 5) is 21.1. The Morgan fingerprint density at radius 3 is 2.55 bits per heavy atom. The van der Waals surface area contributed by atoms with Crippen LogP contribution in [0, 0.1) is 5.92 Å². The van der Waals surface area contributed by atoms with Crippen LogP contribution < -0.4 is 10.3 Å². The number of rotatable bonds is 7. The van der Waals surface area contributed by atoms with E-state index in [0.29, 0.717) is 5.92 Å². The second-order valence-corrected chi connectivity index (χ2v) is 7.68. The fraction of sp³-hybridized carbons (Fsp3) is 0.333. The van der Waals surface area contributed by atoms with Crippen LogP contribution in [0.4, 0.5) is 0 Å². The van der Waals surface area contributed by atoms with E-state index in [1.807, 2.05) is 36.4 Å². The Morgan fingerprint density at radius 1 is 1.00 bits per heavy atom. The fourth-order valence-corrected chi connectivity index (χ4v) is 3.96. The molecule has 0 radical (unpaired) electrons. The van der Waals surface area contributed by atoms with Gasteiger partial charge in [-0.1, -0.05) is 24.3 Å². The molecular weight excluding hydrogens is 362 g/mol. The maximum absolute atomic E-state index is 11.9. The van der Waals surface area contributed by atoms with Gasteiger partial charge in [0.15, 0.2) is 0 Å². The quantitative estimate of drug-likeness (QED) is 0.650. The van der Waals surface area contributed by atoms with Crippen LogP contribution in [0.5, 0.6) is 11.5 Å². The minimum Gasteiger partial charge on any atom is -0.457 e. The molecule has 0 saturated carbocycles. The number of likely N-dealkylation sites (tertiary alicyclic amines) is 1. The average Bonchev–Trinajstić information content (AvgIpc) is 2.76. The van der Waals surface area contributed by atoms with Crippen LogP contribution in [-0.2, 0) is 13.0 Å². The molecule has 0 atom stereocenters. The largest absolute Gasteiger partial charge is 0.457 e. The van der Waals surface area contributed by atoms with Crippen LogP contribution in [-0.4, -0.2) is 28.0 Å². The van der Waals surface area contributed by atoms with Gasteiger partial charge in [-0.3, -0.25) is 14.7 Å². The first-order valence-corrected chi connectivity index (χ1v) is 10.3. The highest BCUT2D eigenvalue weighted by molar-refractivity contribution is 5.37. The molecule has 0 spiro atoms. The van der Waals surface area contributed by atoms with E-state index < -0.39 is 0 Å². The van der Waals surface area contributed by atoms with Gasteiger partial charge in [0, 0.05) is 30.7 Å². The van der Waals surface area contributed by atoms with Crippen molar-refractivity contribution in [3.63, 3.8) is 0 Å². The standard InChI is InChI=1S/C24H27N3O2/c28-24-21(5-3-13-26-24)18-27-16-11-19(12-17-27)7-8-20-4-1-2-6-23(20)29-22-9-14-25-15-10-22/h1-6,9-10,13-15,19H,7-8,11-12,16-18H2,(H,26,28). The Bertz CT molecular complexity index is 963. The van der Waals surface area contributed by atoms with Crippen LogP contribution in [0.2, 0.25) is 0 Å². The molecule has 1 fully saturated rings. The van der Waals surface area contributed by atoms with E-state index in [4.69, 9.17) is 4.74 Å². The minimum absolute atomic E-state index is 0.0282. The number of pyridine rings is 2. The third-order valence-corrected chi connectivity index (χ3v) is 5.67. The summed E-state index contributed by atoms with van der Waals surface area (Å²) in [6.45, 7) is 2.84. The van der Waals surface area contributed by atoms with Gasteiger partial charge < -0.3 is 9.72 Å². The third-order valence-electron chi connectivity index (χ3n) is 5.67. The first-order valence-electron chi connectivity index (χ1n) is 10.3. The molecule has 1 aliphatic rings. The molecular formula is C24H27N3O2. The molecule has 1 N–H and O–H groups in total. The lowest BCUT2D eigenvalue weighted by Gasteiger charge is -2.31. The van der Waals surface area contributed by atoms with Crippen LogP contribution in [0.1, 0.15) is 30.4 Å². The summed E-state index contributed by atoms with van der Waals surface area (Å²) in [6.07, 6.45) is 9.72. The second-order valence-electron chi connectivity index (χ2n) is 7.68.